The molecule has 1 N–H and O–H groups in total. The number of carbonyl (C=O) groups is 1. The Labute approximate surface area is 157 Å². The monoisotopic (exact) mass is 356 g/mol. The third-order valence-corrected chi connectivity index (χ3v) is 3.54. The molecular formula is C21H16N4O2. The summed E-state index contributed by atoms with van der Waals surface area (Å²) in [5, 5.41) is 29.5. The molecule has 2 aromatic rings. The van der Waals surface area contributed by atoms with Gasteiger partial charge in [-0.1, -0.05) is 24.3 Å². The van der Waals surface area contributed by atoms with Crippen LogP contribution in [0.5, 0.6) is 0 Å². The molecule has 0 unspecified atom stereocenters. The molecule has 0 radical (unpaired) electrons. The number of hydrogen-bond acceptors (Lipinski definition) is 6. The minimum absolute atomic E-state index is 0.0965. The first-order valence-electron chi connectivity index (χ1n) is 8.11. The van der Waals surface area contributed by atoms with E-state index >= 15 is 0 Å². The maximum atomic E-state index is 11.9. The number of nitrogens with one attached hydrogen (secondary N) is 1. The lowest BCUT2D eigenvalue weighted by molar-refractivity contribution is 0.0378. The van der Waals surface area contributed by atoms with E-state index in [2.05, 4.69) is 5.32 Å². The third-order valence-electron chi connectivity index (χ3n) is 3.54. The van der Waals surface area contributed by atoms with Crippen molar-refractivity contribution in [2.24, 2.45) is 0 Å². The molecule has 0 bridgehead atoms. The lowest BCUT2D eigenvalue weighted by Crippen LogP contribution is -2.11. The summed E-state index contributed by atoms with van der Waals surface area (Å²) in [6, 6.07) is 19.4. The Kier molecular flexibility index (Phi) is 6.31. The third kappa shape index (κ3) is 4.95. The lowest BCUT2D eigenvalue weighted by atomic mass is 10.0. The Bertz CT molecular complexity index is 967. The van der Waals surface area contributed by atoms with Crippen LogP contribution in [0.15, 0.2) is 59.8 Å². The minimum atomic E-state index is -0.363. The van der Waals surface area contributed by atoms with E-state index in [4.69, 9.17) is 20.5 Å². The van der Waals surface area contributed by atoms with Crippen LogP contribution in [-0.2, 0) is 4.74 Å². The molecule has 0 aromatic heterocycles. The van der Waals surface area contributed by atoms with Crippen molar-refractivity contribution < 1.29 is 9.53 Å². The van der Waals surface area contributed by atoms with Crippen LogP contribution in [0, 0.1) is 34.0 Å². The number of nitriles is 3. The van der Waals surface area contributed by atoms with Crippen molar-refractivity contribution in [3.05, 3.63) is 65.4 Å². The topological polar surface area (TPSA) is 110 Å². The highest BCUT2D eigenvalue weighted by Crippen LogP contribution is 2.23. The van der Waals surface area contributed by atoms with Gasteiger partial charge in [0.05, 0.1) is 11.7 Å². The summed E-state index contributed by atoms with van der Waals surface area (Å²) < 4.78 is 5.16. The number of benzene rings is 2. The van der Waals surface area contributed by atoms with E-state index in [-0.39, 0.29) is 23.3 Å². The van der Waals surface area contributed by atoms with Crippen LogP contribution in [0.1, 0.15) is 24.2 Å². The first-order chi connectivity index (χ1) is 13.0. The van der Waals surface area contributed by atoms with Gasteiger partial charge in [0.1, 0.15) is 23.9 Å². The Morgan fingerprint density at radius 2 is 1.41 bits per heavy atom. The highest BCUT2D eigenvalue weighted by Gasteiger charge is 2.10. The van der Waals surface area contributed by atoms with Gasteiger partial charge in [-0.05, 0) is 49.2 Å². The molecule has 0 spiro atoms. The fourth-order valence-corrected chi connectivity index (χ4v) is 2.25. The van der Waals surface area contributed by atoms with Crippen molar-refractivity contribution in [1.29, 1.82) is 15.8 Å². The largest absolute Gasteiger partial charge is 0.459 e. The summed E-state index contributed by atoms with van der Waals surface area (Å²) >= 11 is 0. The van der Waals surface area contributed by atoms with E-state index in [9.17, 15) is 4.79 Å². The van der Waals surface area contributed by atoms with E-state index in [0.29, 0.717) is 11.3 Å². The normalized spacial score (nSPS) is 9.48. The Hall–Kier alpha value is -4.08. The molecule has 6 heteroatoms. The van der Waals surface area contributed by atoms with Crippen LogP contribution in [0.25, 0.3) is 11.1 Å². The summed E-state index contributed by atoms with van der Waals surface area (Å²) in [5.74, 6) is -0.363. The zero-order valence-electron chi connectivity index (χ0n) is 14.9. The van der Waals surface area contributed by atoms with Gasteiger partial charge in [-0.3, -0.25) is 0 Å². The van der Waals surface area contributed by atoms with Crippen molar-refractivity contribution in [2.75, 3.05) is 5.32 Å². The fraction of sp³-hybridized carbons (Fsp3) is 0.143. The molecule has 0 saturated heterocycles. The zero-order chi connectivity index (χ0) is 19.8. The number of anilines is 1. The van der Waals surface area contributed by atoms with E-state index in [1.54, 1.807) is 50.3 Å². The van der Waals surface area contributed by atoms with E-state index < -0.39 is 0 Å². The van der Waals surface area contributed by atoms with Gasteiger partial charge in [-0.2, -0.15) is 15.8 Å². The molecule has 27 heavy (non-hydrogen) atoms. The van der Waals surface area contributed by atoms with Gasteiger partial charge in [-0.25, -0.2) is 4.79 Å². The minimum Gasteiger partial charge on any atom is -0.459 e. The number of hydrogen-bond donors (Lipinski definition) is 1. The molecule has 0 saturated carbocycles. The molecule has 0 aliphatic rings. The molecule has 0 fully saturated rings. The molecule has 2 aromatic carbocycles. The Balaban J connectivity index is 2.17. The predicted octanol–water partition coefficient (Wildman–Crippen LogP) is 4.16. The van der Waals surface area contributed by atoms with Gasteiger partial charge in [-0.15, -0.1) is 0 Å². The number of allylic oxidation sites excluding steroid dienone is 2. The van der Waals surface area contributed by atoms with Gasteiger partial charge in [0, 0.05) is 5.69 Å². The first kappa shape index (κ1) is 19.2. The standard InChI is InChI=1S/C21H16N4O2/c1-14(2)27-21(26)17-5-3-15(4-6-17)16-7-9-19(10-8-16)25-20(13-24)18(11-22)12-23/h3-10,14,25H,1-2H3. The van der Waals surface area contributed by atoms with Crippen molar-refractivity contribution >= 4 is 11.7 Å². The van der Waals surface area contributed by atoms with Crippen LogP contribution < -0.4 is 5.32 Å². The van der Waals surface area contributed by atoms with Crippen LogP contribution in [-0.4, -0.2) is 12.1 Å². The van der Waals surface area contributed by atoms with E-state index in [0.717, 1.165) is 11.1 Å². The van der Waals surface area contributed by atoms with Gasteiger partial charge in [0.2, 0.25) is 0 Å². The fourth-order valence-electron chi connectivity index (χ4n) is 2.25. The molecule has 132 valence electrons. The molecule has 0 atom stereocenters. The summed E-state index contributed by atoms with van der Waals surface area (Å²) in [5.41, 5.74) is 2.51. The number of rotatable bonds is 5. The predicted molar refractivity (Wildman–Crippen MR) is 99.9 cm³/mol. The molecule has 0 aliphatic heterocycles. The van der Waals surface area contributed by atoms with Crippen LogP contribution >= 0.6 is 0 Å². The number of carbonyl (C=O) groups excluding carboxylic acids is 1. The van der Waals surface area contributed by atoms with Gasteiger partial charge >= 0.3 is 5.97 Å². The van der Waals surface area contributed by atoms with Crippen molar-refractivity contribution in [3.8, 4) is 29.3 Å². The van der Waals surface area contributed by atoms with Crippen LogP contribution in [0.3, 0.4) is 0 Å². The maximum absolute atomic E-state index is 11.9. The van der Waals surface area contributed by atoms with Gasteiger partial charge < -0.3 is 10.1 Å². The maximum Gasteiger partial charge on any atom is 0.338 e. The second-order valence-electron chi connectivity index (χ2n) is 5.82. The second-order valence-corrected chi connectivity index (χ2v) is 5.82. The summed E-state index contributed by atoms with van der Waals surface area (Å²) in [6.45, 7) is 3.59. The number of ether oxygens (including phenoxy) is 1. The smallest absolute Gasteiger partial charge is 0.338 e. The van der Waals surface area contributed by atoms with Crippen molar-refractivity contribution in [3.63, 3.8) is 0 Å². The SMILES string of the molecule is CC(C)OC(=O)c1ccc(-c2ccc(NC(C#N)=C(C#N)C#N)cc2)cc1. The summed E-state index contributed by atoms with van der Waals surface area (Å²) in [6.07, 6.45) is -0.174. The lowest BCUT2D eigenvalue weighted by Gasteiger charge is -2.09. The number of esters is 1. The van der Waals surface area contributed by atoms with E-state index in [1.165, 1.54) is 0 Å². The average molecular weight is 356 g/mol. The highest BCUT2D eigenvalue weighted by atomic mass is 16.5. The number of nitrogens with zero attached hydrogens (tertiary/aromatic N) is 3. The molecule has 2 rings (SSSR count). The summed E-state index contributed by atoms with van der Waals surface area (Å²) in [7, 11) is 0. The Morgan fingerprint density at radius 3 is 1.85 bits per heavy atom. The second kappa shape index (κ2) is 8.85. The van der Waals surface area contributed by atoms with E-state index in [1.807, 2.05) is 30.3 Å². The molecule has 0 heterocycles. The van der Waals surface area contributed by atoms with Crippen molar-refractivity contribution in [2.45, 2.75) is 20.0 Å². The Morgan fingerprint density at radius 1 is 0.889 bits per heavy atom. The summed E-state index contributed by atoms with van der Waals surface area (Å²) in [4.78, 5) is 11.9. The molecule has 6 nitrogen and oxygen atoms in total. The first-order valence-corrected chi connectivity index (χ1v) is 8.11. The zero-order valence-corrected chi connectivity index (χ0v) is 14.9. The van der Waals surface area contributed by atoms with Gasteiger partial charge in [0.25, 0.3) is 0 Å². The molecular weight excluding hydrogens is 340 g/mol. The quantitative estimate of drug-likeness (QED) is 0.636. The molecule has 0 amide bonds. The van der Waals surface area contributed by atoms with Gasteiger partial charge in [0.15, 0.2) is 5.57 Å². The average Bonchev–Trinajstić information content (AvgIpc) is 2.68. The van der Waals surface area contributed by atoms with Crippen LogP contribution in [0.2, 0.25) is 0 Å². The van der Waals surface area contributed by atoms with Crippen LogP contribution in [0.4, 0.5) is 5.69 Å². The molecule has 0 aliphatic carbocycles. The van der Waals surface area contributed by atoms with Crippen molar-refractivity contribution in [1.82, 2.24) is 0 Å². The highest BCUT2D eigenvalue weighted by molar-refractivity contribution is 5.90.